The molecule has 0 radical (unpaired) electrons. The smallest absolute Gasteiger partial charge is 0.276 e. The normalized spacial score (nSPS) is 11.4. The second kappa shape index (κ2) is 6.59. The van der Waals surface area contributed by atoms with Gasteiger partial charge < -0.3 is 5.32 Å². The van der Waals surface area contributed by atoms with Crippen molar-refractivity contribution in [1.29, 1.82) is 0 Å². The zero-order valence-electron chi connectivity index (χ0n) is 15.2. The highest BCUT2D eigenvalue weighted by atomic mass is 32.1. The van der Waals surface area contributed by atoms with Crippen LogP contribution in [0.4, 0.5) is 5.69 Å². The lowest BCUT2D eigenvalue weighted by atomic mass is 10.1. The Balaban J connectivity index is 1.72. The number of rotatable bonds is 3. The summed E-state index contributed by atoms with van der Waals surface area (Å²) in [4.78, 5) is 29.7. The van der Waals surface area contributed by atoms with E-state index in [0.29, 0.717) is 22.4 Å². The molecule has 0 bridgehead atoms. The molecule has 0 unspecified atom stereocenters. The van der Waals surface area contributed by atoms with Crippen LogP contribution in [0.25, 0.3) is 21.0 Å². The highest BCUT2D eigenvalue weighted by molar-refractivity contribution is 7.18. The second-order valence-corrected chi connectivity index (χ2v) is 7.73. The Morgan fingerprint density at radius 2 is 1.89 bits per heavy atom. The predicted molar refractivity (Wildman–Crippen MR) is 109 cm³/mol. The lowest BCUT2D eigenvalue weighted by Crippen LogP contribution is -2.25. The Morgan fingerprint density at radius 3 is 2.63 bits per heavy atom. The second-order valence-electron chi connectivity index (χ2n) is 6.67. The van der Waals surface area contributed by atoms with Crippen molar-refractivity contribution in [2.24, 2.45) is 7.05 Å². The molecular weight excluding hydrogens is 360 g/mol. The monoisotopic (exact) mass is 378 g/mol. The van der Waals surface area contributed by atoms with Crippen molar-refractivity contribution in [2.45, 2.75) is 19.8 Å². The lowest BCUT2D eigenvalue weighted by molar-refractivity contribution is 0.102. The van der Waals surface area contributed by atoms with Crippen molar-refractivity contribution < 1.29 is 4.79 Å². The molecule has 6 nitrogen and oxygen atoms in total. The molecule has 0 atom stereocenters. The summed E-state index contributed by atoms with van der Waals surface area (Å²) in [5.41, 5.74) is 1.59. The van der Waals surface area contributed by atoms with Crippen LogP contribution >= 0.6 is 11.3 Å². The molecule has 4 aromatic rings. The number of carbonyl (C=O) groups excluding carboxylic acids is 1. The minimum absolute atomic E-state index is 0.222. The molecule has 4 rings (SSSR count). The van der Waals surface area contributed by atoms with E-state index in [4.69, 9.17) is 0 Å². The average molecular weight is 378 g/mol. The van der Waals surface area contributed by atoms with Gasteiger partial charge in [-0.05, 0) is 24.3 Å². The van der Waals surface area contributed by atoms with Gasteiger partial charge in [-0.2, -0.15) is 5.10 Å². The van der Waals surface area contributed by atoms with Gasteiger partial charge in [-0.25, -0.2) is 9.67 Å². The molecule has 0 saturated carbocycles. The largest absolute Gasteiger partial charge is 0.321 e. The summed E-state index contributed by atoms with van der Waals surface area (Å²) in [5.74, 6) is 0.0105. The van der Waals surface area contributed by atoms with Crippen LogP contribution in [0.15, 0.2) is 47.3 Å². The van der Waals surface area contributed by atoms with Crippen molar-refractivity contribution in [3.05, 3.63) is 63.5 Å². The number of benzene rings is 2. The Bertz CT molecular complexity index is 1240. The number of aromatic nitrogens is 3. The van der Waals surface area contributed by atoms with Crippen molar-refractivity contribution in [3.63, 3.8) is 0 Å². The quantitative estimate of drug-likeness (QED) is 0.586. The number of aryl methyl sites for hydroxylation is 1. The number of carbonyl (C=O) groups is 1. The van der Waals surface area contributed by atoms with E-state index in [9.17, 15) is 9.59 Å². The Kier molecular flexibility index (Phi) is 4.24. The zero-order valence-corrected chi connectivity index (χ0v) is 16.0. The Hall–Kier alpha value is -3.06. The van der Waals surface area contributed by atoms with Crippen LogP contribution < -0.4 is 10.9 Å². The van der Waals surface area contributed by atoms with Gasteiger partial charge in [-0.3, -0.25) is 9.59 Å². The van der Waals surface area contributed by atoms with Crippen LogP contribution in [0.2, 0.25) is 0 Å². The van der Waals surface area contributed by atoms with Crippen LogP contribution in [0.3, 0.4) is 0 Å². The van der Waals surface area contributed by atoms with Gasteiger partial charge in [0.15, 0.2) is 5.69 Å². The molecule has 27 heavy (non-hydrogen) atoms. The first kappa shape index (κ1) is 17.4. The summed E-state index contributed by atoms with van der Waals surface area (Å²) in [7, 11) is 1.54. The summed E-state index contributed by atoms with van der Waals surface area (Å²) in [6.45, 7) is 4.22. The average Bonchev–Trinajstić information content (AvgIpc) is 3.08. The molecule has 2 aromatic heterocycles. The Labute approximate surface area is 159 Å². The molecule has 2 aromatic carbocycles. The minimum atomic E-state index is -0.352. The van der Waals surface area contributed by atoms with Gasteiger partial charge in [-0.1, -0.05) is 32.0 Å². The maximum Gasteiger partial charge on any atom is 0.276 e. The SMILES string of the molecule is CC(C)c1nc2ccc(NC(=O)c3nn(C)c(=O)c4ccccc34)cc2s1. The number of thiazole rings is 1. The molecule has 2 heterocycles. The summed E-state index contributed by atoms with van der Waals surface area (Å²) in [6, 6.07) is 12.6. The minimum Gasteiger partial charge on any atom is -0.321 e. The fourth-order valence-corrected chi connectivity index (χ4v) is 3.93. The number of anilines is 1. The third-order valence-electron chi connectivity index (χ3n) is 4.33. The summed E-state index contributed by atoms with van der Waals surface area (Å²) in [5, 5.41) is 9.14. The number of hydrogen-bond acceptors (Lipinski definition) is 5. The summed E-state index contributed by atoms with van der Waals surface area (Å²) in [6.07, 6.45) is 0. The van der Waals surface area contributed by atoms with Crippen LogP contribution in [0, 0.1) is 0 Å². The molecule has 7 heteroatoms. The van der Waals surface area contributed by atoms with E-state index in [-0.39, 0.29) is 17.2 Å². The van der Waals surface area contributed by atoms with Gasteiger partial charge in [0.1, 0.15) is 0 Å². The fourth-order valence-electron chi connectivity index (χ4n) is 2.92. The zero-order chi connectivity index (χ0) is 19.1. The maximum absolute atomic E-state index is 12.8. The highest BCUT2D eigenvalue weighted by Crippen LogP contribution is 2.29. The number of amides is 1. The molecule has 0 spiro atoms. The van der Waals surface area contributed by atoms with Gasteiger partial charge in [0, 0.05) is 24.0 Å². The van der Waals surface area contributed by atoms with Crippen molar-refractivity contribution in [2.75, 3.05) is 5.32 Å². The van der Waals surface area contributed by atoms with E-state index in [0.717, 1.165) is 15.2 Å². The topological polar surface area (TPSA) is 76.9 Å². The first-order valence-corrected chi connectivity index (χ1v) is 9.43. The van der Waals surface area contributed by atoms with Gasteiger partial charge in [0.05, 0.1) is 20.6 Å². The third kappa shape index (κ3) is 3.10. The van der Waals surface area contributed by atoms with Crippen LogP contribution in [-0.4, -0.2) is 20.7 Å². The molecule has 0 aliphatic heterocycles. The van der Waals surface area contributed by atoms with Crippen LogP contribution in [0.1, 0.15) is 35.3 Å². The fraction of sp³-hybridized carbons (Fsp3) is 0.200. The first-order valence-electron chi connectivity index (χ1n) is 8.62. The van der Waals surface area contributed by atoms with E-state index in [2.05, 4.69) is 29.2 Å². The van der Waals surface area contributed by atoms with E-state index in [1.54, 1.807) is 42.6 Å². The molecular formula is C20H18N4O2S. The molecule has 1 N–H and O–H groups in total. The lowest BCUT2D eigenvalue weighted by Gasteiger charge is -2.09. The van der Waals surface area contributed by atoms with E-state index >= 15 is 0 Å². The molecule has 0 aliphatic carbocycles. The summed E-state index contributed by atoms with van der Waals surface area (Å²) >= 11 is 1.63. The molecule has 0 aliphatic rings. The maximum atomic E-state index is 12.8. The molecule has 136 valence electrons. The molecule has 0 fully saturated rings. The van der Waals surface area contributed by atoms with Gasteiger partial charge in [0.2, 0.25) is 0 Å². The van der Waals surface area contributed by atoms with Gasteiger partial charge in [0.25, 0.3) is 11.5 Å². The Morgan fingerprint density at radius 1 is 1.15 bits per heavy atom. The summed E-state index contributed by atoms with van der Waals surface area (Å²) < 4.78 is 2.22. The van der Waals surface area contributed by atoms with E-state index in [1.165, 1.54) is 4.68 Å². The van der Waals surface area contributed by atoms with Crippen LogP contribution in [0.5, 0.6) is 0 Å². The predicted octanol–water partition coefficient (Wildman–Crippen LogP) is 3.92. The van der Waals surface area contributed by atoms with Crippen molar-refractivity contribution >= 4 is 43.9 Å². The number of nitrogens with one attached hydrogen (secondary N) is 1. The van der Waals surface area contributed by atoms with Crippen LogP contribution in [-0.2, 0) is 7.05 Å². The van der Waals surface area contributed by atoms with Crippen molar-refractivity contribution in [3.8, 4) is 0 Å². The van der Waals surface area contributed by atoms with Crippen molar-refractivity contribution in [1.82, 2.24) is 14.8 Å². The molecule has 1 amide bonds. The third-order valence-corrected chi connectivity index (χ3v) is 5.65. The first-order chi connectivity index (χ1) is 12.9. The van der Waals surface area contributed by atoms with Gasteiger partial charge in [-0.15, -0.1) is 11.3 Å². The standard InChI is InChI=1S/C20H18N4O2S/c1-11(2)19-22-15-9-8-12(10-16(15)27-19)21-18(25)17-13-6-4-5-7-14(13)20(26)24(3)23-17/h4-11H,1-3H3,(H,21,25). The number of nitrogens with zero attached hydrogens (tertiary/aromatic N) is 3. The van der Waals surface area contributed by atoms with E-state index in [1.807, 2.05) is 18.2 Å². The molecule has 0 saturated heterocycles. The van der Waals surface area contributed by atoms with Gasteiger partial charge >= 0.3 is 0 Å². The highest BCUT2D eigenvalue weighted by Gasteiger charge is 2.16. The number of fused-ring (bicyclic) bond motifs is 2. The van der Waals surface area contributed by atoms with E-state index < -0.39 is 0 Å². The number of hydrogen-bond donors (Lipinski definition) is 1.